The standard InChI is InChI=1S/C20H28O.C11H16.C8H8Cl2O.C2H6/c1-5-17-8-14(3)9-18(19(17)21)20(4)11-15-6-13(2)7-16(10-15)12-20;1-4-10-7-5-6-8-11(10)9(2)3;1-2-5-3-6(9)4-7(10)8(5)11;1-2/h5,8-9,13,15-16,21H,1,6-7,10-12H2,2-4H3;5-9H,4H2,1-3H3;3-4,11H,2H2,1H3;1-2H3. The highest BCUT2D eigenvalue weighted by Gasteiger charge is 2.43. The molecule has 2 unspecified atom stereocenters. The Morgan fingerprint density at radius 1 is 0.889 bits per heavy atom. The molecule has 0 aliphatic heterocycles. The van der Waals surface area contributed by atoms with E-state index >= 15 is 0 Å². The van der Waals surface area contributed by atoms with E-state index in [0.29, 0.717) is 21.7 Å². The molecule has 4 heteroatoms. The number of fused-ring (bicyclic) bond motifs is 2. The lowest BCUT2D eigenvalue weighted by Crippen LogP contribution is -2.38. The van der Waals surface area contributed by atoms with Crippen molar-refractivity contribution in [3.8, 4) is 11.5 Å². The number of benzene rings is 3. The number of phenolic OH excluding ortho intramolecular Hbond substituents is 2. The Labute approximate surface area is 284 Å². The van der Waals surface area contributed by atoms with Crippen LogP contribution >= 0.6 is 23.2 Å². The summed E-state index contributed by atoms with van der Waals surface area (Å²) in [6.45, 7) is 23.4. The van der Waals surface area contributed by atoms with Crippen LogP contribution in [0.2, 0.25) is 10.0 Å². The fraction of sp³-hybridized carbons (Fsp3) is 0.512. The molecule has 2 aliphatic carbocycles. The zero-order chi connectivity index (χ0) is 33.9. The van der Waals surface area contributed by atoms with Gasteiger partial charge in [0.2, 0.25) is 0 Å². The Bertz CT molecular complexity index is 1360. The Hall–Kier alpha value is -2.42. The first kappa shape index (κ1) is 38.8. The van der Waals surface area contributed by atoms with E-state index in [-0.39, 0.29) is 11.2 Å². The number of aryl methyl sites for hydroxylation is 3. The monoisotopic (exact) mass is 652 g/mol. The van der Waals surface area contributed by atoms with Crippen LogP contribution in [0.25, 0.3) is 6.08 Å². The Balaban J connectivity index is 0.000000250. The molecule has 0 aromatic heterocycles. The third-order valence-corrected chi connectivity index (χ3v) is 9.82. The van der Waals surface area contributed by atoms with Crippen molar-refractivity contribution in [2.24, 2.45) is 17.8 Å². The Kier molecular flexibility index (Phi) is 15.6. The third-order valence-electron chi connectivity index (χ3n) is 9.32. The normalized spacial score (nSPS) is 21.7. The van der Waals surface area contributed by atoms with Gasteiger partial charge < -0.3 is 10.2 Å². The second-order valence-electron chi connectivity index (χ2n) is 13.4. The summed E-state index contributed by atoms with van der Waals surface area (Å²) in [6.07, 6.45) is 10.2. The van der Waals surface area contributed by atoms with E-state index in [1.54, 1.807) is 12.1 Å². The van der Waals surface area contributed by atoms with Crippen molar-refractivity contribution in [3.63, 3.8) is 0 Å². The van der Waals surface area contributed by atoms with E-state index in [1.165, 1.54) is 54.9 Å². The Morgan fingerprint density at radius 3 is 1.98 bits per heavy atom. The van der Waals surface area contributed by atoms with Gasteiger partial charge in [0, 0.05) is 16.1 Å². The van der Waals surface area contributed by atoms with Crippen LogP contribution in [0.5, 0.6) is 11.5 Å². The number of aromatic hydroxyl groups is 2. The summed E-state index contributed by atoms with van der Waals surface area (Å²) in [7, 11) is 0. The smallest absolute Gasteiger partial charge is 0.137 e. The zero-order valence-electron chi connectivity index (χ0n) is 29.3. The molecule has 0 heterocycles. The van der Waals surface area contributed by atoms with Gasteiger partial charge in [0.05, 0.1) is 5.02 Å². The quantitative estimate of drug-likeness (QED) is 0.288. The highest BCUT2D eigenvalue weighted by Crippen LogP contribution is 2.53. The largest absolute Gasteiger partial charge is 0.507 e. The van der Waals surface area contributed by atoms with Crippen molar-refractivity contribution >= 4 is 29.3 Å². The van der Waals surface area contributed by atoms with Crippen LogP contribution < -0.4 is 0 Å². The summed E-state index contributed by atoms with van der Waals surface area (Å²) in [5.41, 5.74) is 7.15. The molecule has 2 aliphatic rings. The average Bonchev–Trinajstić information content (AvgIpc) is 3.00. The van der Waals surface area contributed by atoms with Gasteiger partial charge in [-0.15, -0.1) is 0 Å². The summed E-state index contributed by atoms with van der Waals surface area (Å²) in [5, 5.41) is 20.9. The maximum absolute atomic E-state index is 10.7. The van der Waals surface area contributed by atoms with Crippen molar-refractivity contribution in [2.75, 3.05) is 0 Å². The second kappa shape index (κ2) is 18.1. The van der Waals surface area contributed by atoms with Gasteiger partial charge in [0.15, 0.2) is 0 Å². The van der Waals surface area contributed by atoms with Crippen molar-refractivity contribution in [2.45, 2.75) is 119 Å². The van der Waals surface area contributed by atoms with Gasteiger partial charge in [-0.3, -0.25) is 0 Å². The molecule has 0 saturated heterocycles. The lowest BCUT2D eigenvalue weighted by molar-refractivity contribution is 0.0886. The average molecular weight is 654 g/mol. The Morgan fingerprint density at radius 2 is 1.47 bits per heavy atom. The van der Waals surface area contributed by atoms with Crippen LogP contribution in [0.4, 0.5) is 0 Å². The molecule has 2 nitrogen and oxygen atoms in total. The maximum Gasteiger partial charge on any atom is 0.137 e. The van der Waals surface area contributed by atoms with Gasteiger partial charge in [-0.25, -0.2) is 0 Å². The molecule has 248 valence electrons. The third kappa shape index (κ3) is 10.5. The molecular formula is C41H58Cl2O2. The van der Waals surface area contributed by atoms with E-state index in [0.717, 1.165) is 47.3 Å². The molecule has 2 bridgehead atoms. The summed E-state index contributed by atoms with van der Waals surface area (Å²) < 4.78 is 0. The maximum atomic E-state index is 10.7. The fourth-order valence-electron chi connectivity index (χ4n) is 7.54. The molecule has 2 atom stereocenters. The molecule has 5 rings (SSSR count). The molecular weight excluding hydrogens is 595 g/mol. The van der Waals surface area contributed by atoms with E-state index in [9.17, 15) is 10.2 Å². The molecule has 2 saturated carbocycles. The summed E-state index contributed by atoms with van der Waals surface area (Å²) >= 11 is 11.4. The van der Waals surface area contributed by atoms with Crippen LogP contribution in [0.1, 0.15) is 127 Å². The molecule has 45 heavy (non-hydrogen) atoms. The van der Waals surface area contributed by atoms with Crippen LogP contribution in [0, 0.1) is 24.7 Å². The van der Waals surface area contributed by atoms with Gasteiger partial charge in [0.25, 0.3) is 0 Å². The second-order valence-corrected chi connectivity index (χ2v) is 14.3. The van der Waals surface area contributed by atoms with Crippen molar-refractivity contribution < 1.29 is 10.2 Å². The first-order valence-corrected chi connectivity index (χ1v) is 17.8. The van der Waals surface area contributed by atoms with Crippen molar-refractivity contribution in [1.29, 1.82) is 0 Å². The van der Waals surface area contributed by atoms with Crippen LogP contribution in [0.15, 0.2) is 55.1 Å². The summed E-state index contributed by atoms with van der Waals surface area (Å²) in [4.78, 5) is 0. The van der Waals surface area contributed by atoms with Crippen molar-refractivity contribution in [3.05, 3.63) is 98.5 Å². The van der Waals surface area contributed by atoms with E-state index < -0.39 is 0 Å². The minimum Gasteiger partial charge on any atom is -0.507 e. The molecule has 0 spiro atoms. The van der Waals surface area contributed by atoms with Crippen LogP contribution in [-0.2, 0) is 18.3 Å². The molecule has 3 aromatic carbocycles. The lowest BCUT2D eigenvalue weighted by atomic mass is 9.57. The number of phenols is 2. The van der Waals surface area contributed by atoms with E-state index in [4.69, 9.17) is 23.2 Å². The minimum atomic E-state index is 0.127. The molecule has 0 amide bonds. The highest BCUT2D eigenvalue weighted by atomic mass is 35.5. The summed E-state index contributed by atoms with van der Waals surface area (Å²) in [6, 6.07) is 16.1. The number of halogens is 2. The van der Waals surface area contributed by atoms with Gasteiger partial charge in [-0.05, 0) is 121 Å². The van der Waals surface area contributed by atoms with E-state index in [1.807, 2.05) is 26.8 Å². The van der Waals surface area contributed by atoms with Crippen LogP contribution in [-0.4, -0.2) is 10.2 Å². The molecule has 2 N–H and O–H groups in total. The first-order valence-electron chi connectivity index (χ1n) is 17.0. The number of hydrogen-bond donors (Lipinski definition) is 2. The predicted molar refractivity (Wildman–Crippen MR) is 198 cm³/mol. The zero-order valence-corrected chi connectivity index (χ0v) is 30.8. The SMILES string of the molecule is C=Cc1cc(C)cc(C2(C)CC3CC(C)CC(C3)C2)c1O.CC.CCc1cc(Cl)cc(Cl)c1O.CCc1ccccc1C(C)C. The molecule has 0 radical (unpaired) electrons. The van der Waals surface area contributed by atoms with Crippen molar-refractivity contribution in [1.82, 2.24) is 0 Å². The molecule has 2 fully saturated rings. The first-order chi connectivity index (χ1) is 21.3. The minimum absolute atomic E-state index is 0.127. The lowest BCUT2D eigenvalue weighted by Gasteiger charge is -2.48. The van der Waals surface area contributed by atoms with Gasteiger partial charge in [0.1, 0.15) is 11.5 Å². The predicted octanol–water partition coefficient (Wildman–Crippen LogP) is 13.1. The summed E-state index contributed by atoms with van der Waals surface area (Å²) in [5.74, 6) is 3.82. The van der Waals surface area contributed by atoms with E-state index in [2.05, 4.69) is 78.5 Å². The highest BCUT2D eigenvalue weighted by molar-refractivity contribution is 6.35. The fourth-order valence-corrected chi connectivity index (χ4v) is 8.08. The number of hydrogen-bond acceptors (Lipinski definition) is 2. The van der Waals surface area contributed by atoms with Crippen LogP contribution in [0.3, 0.4) is 0 Å². The van der Waals surface area contributed by atoms with Gasteiger partial charge >= 0.3 is 0 Å². The van der Waals surface area contributed by atoms with Gasteiger partial charge in [-0.2, -0.15) is 0 Å². The molecule has 3 aromatic rings. The van der Waals surface area contributed by atoms with Gasteiger partial charge in [-0.1, -0.05) is 122 Å². The topological polar surface area (TPSA) is 40.5 Å². The number of rotatable bonds is 5.